The number of sulfone groups is 1. The van der Waals surface area contributed by atoms with E-state index >= 15 is 0 Å². The van der Waals surface area contributed by atoms with E-state index in [1.807, 2.05) is 31.2 Å². The molecule has 0 saturated carbocycles. The van der Waals surface area contributed by atoms with Crippen molar-refractivity contribution in [2.24, 2.45) is 5.92 Å². The molecule has 122 valence electrons. The van der Waals surface area contributed by atoms with E-state index in [1.165, 1.54) is 0 Å². The summed E-state index contributed by atoms with van der Waals surface area (Å²) in [5, 5.41) is 9.67. The number of aromatic nitrogens is 2. The maximum atomic E-state index is 12.1. The quantitative estimate of drug-likeness (QED) is 0.888. The number of nitrogens with zero attached hydrogens (tertiary/aromatic N) is 1. The van der Waals surface area contributed by atoms with E-state index in [0.29, 0.717) is 24.4 Å². The number of hydrogen-bond acceptors (Lipinski definition) is 4. The molecule has 23 heavy (non-hydrogen) atoms. The summed E-state index contributed by atoms with van der Waals surface area (Å²) in [4.78, 5) is 12.1. The van der Waals surface area contributed by atoms with Crippen LogP contribution in [0.3, 0.4) is 0 Å². The first-order valence-corrected chi connectivity index (χ1v) is 9.36. The molecule has 0 unspecified atom stereocenters. The van der Waals surface area contributed by atoms with Crippen molar-refractivity contribution in [1.29, 1.82) is 0 Å². The van der Waals surface area contributed by atoms with Crippen LogP contribution in [0.15, 0.2) is 30.3 Å². The normalized spacial score (nSPS) is 19.6. The standard InChI is InChI=1S/C16H19N3O3S/c1-11-2-4-13(5-3-11)14-8-15(19-18-14)16(20)17-9-12-6-7-23(21,22)10-12/h2-5,8,12H,6-7,9-10H2,1H3,(H,17,20)(H,18,19)/t12-/m1/s1. The van der Waals surface area contributed by atoms with Crippen LogP contribution in [0.2, 0.25) is 0 Å². The zero-order chi connectivity index (χ0) is 16.4. The van der Waals surface area contributed by atoms with Crippen molar-refractivity contribution in [2.75, 3.05) is 18.1 Å². The molecule has 2 heterocycles. The maximum Gasteiger partial charge on any atom is 0.269 e. The Labute approximate surface area is 135 Å². The molecular formula is C16H19N3O3S. The highest BCUT2D eigenvalue weighted by molar-refractivity contribution is 7.91. The Morgan fingerprint density at radius 2 is 2.09 bits per heavy atom. The molecule has 1 aliphatic heterocycles. The lowest BCUT2D eigenvalue weighted by Gasteiger charge is -2.08. The lowest BCUT2D eigenvalue weighted by Crippen LogP contribution is -2.30. The third kappa shape index (κ3) is 3.79. The number of rotatable bonds is 4. The van der Waals surface area contributed by atoms with E-state index in [9.17, 15) is 13.2 Å². The molecule has 7 heteroatoms. The predicted octanol–water partition coefficient (Wildman–Crippen LogP) is 1.55. The van der Waals surface area contributed by atoms with Crippen LogP contribution in [0.25, 0.3) is 11.3 Å². The number of aryl methyl sites for hydroxylation is 1. The number of aromatic amines is 1. The first kappa shape index (κ1) is 15.7. The predicted molar refractivity (Wildman–Crippen MR) is 87.9 cm³/mol. The molecule has 1 atom stereocenters. The van der Waals surface area contributed by atoms with Gasteiger partial charge in [0, 0.05) is 12.1 Å². The first-order valence-electron chi connectivity index (χ1n) is 7.54. The average Bonchev–Trinajstić information content (AvgIpc) is 3.12. The smallest absolute Gasteiger partial charge is 0.269 e. The molecule has 1 aromatic carbocycles. The molecule has 1 aromatic heterocycles. The van der Waals surface area contributed by atoms with Gasteiger partial charge in [-0.05, 0) is 25.3 Å². The molecule has 3 rings (SSSR count). The van der Waals surface area contributed by atoms with Crippen molar-refractivity contribution < 1.29 is 13.2 Å². The number of H-pyrrole nitrogens is 1. The summed E-state index contributed by atoms with van der Waals surface area (Å²) in [6, 6.07) is 9.59. The minimum atomic E-state index is -2.91. The van der Waals surface area contributed by atoms with Gasteiger partial charge in [-0.25, -0.2) is 8.42 Å². The van der Waals surface area contributed by atoms with Gasteiger partial charge in [0.15, 0.2) is 9.84 Å². The molecule has 2 N–H and O–H groups in total. The van der Waals surface area contributed by atoms with Crippen molar-refractivity contribution in [3.63, 3.8) is 0 Å². The highest BCUT2D eigenvalue weighted by Crippen LogP contribution is 2.19. The van der Waals surface area contributed by atoms with E-state index in [1.54, 1.807) is 6.07 Å². The minimum absolute atomic E-state index is 0.00319. The topological polar surface area (TPSA) is 91.9 Å². The second kappa shape index (κ2) is 6.16. The second-order valence-corrected chi connectivity index (χ2v) is 8.24. The van der Waals surface area contributed by atoms with Crippen molar-refractivity contribution >= 4 is 15.7 Å². The zero-order valence-electron chi connectivity index (χ0n) is 12.9. The third-order valence-electron chi connectivity index (χ3n) is 4.05. The van der Waals surface area contributed by atoms with Crippen LogP contribution in [-0.4, -0.2) is 42.6 Å². The fraction of sp³-hybridized carbons (Fsp3) is 0.375. The molecule has 0 spiro atoms. The number of carbonyl (C=O) groups excluding carboxylic acids is 1. The largest absolute Gasteiger partial charge is 0.350 e. The Hall–Kier alpha value is -2.15. The SMILES string of the molecule is Cc1ccc(-c2cc(C(=O)NC[C@H]3CCS(=O)(=O)C3)[nH]n2)cc1. The number of nitrogens with one attached hydrogen (secondary N) is 2. The van der Waals surface area contributed by atoms with Crippen LogP contribution >= 0.6 is 0 Å². The van der Waals surface area contributed by atoms with Gasteiger partial charge in [-0.15, -0.1) is 0 Å². The Kier molecular flexibility index (Phi) is 4.21. The summed E-state index contributed by atoms with van der Waals surface area (Å²) in [7, 11) is -2.91. The van der Waals surface area contributed by atoms with Crippen LogP contribution in [-0.2, 0) is 9.84 Å². The average molecular weight is 333 g/mol. The first-order chi connectivity index (χ1) is 10.9. The van der Waals surface area contributed by atoms with Crippen LogP contribution in [0, 0.1) is 12.8 Å². The number of hydrogen-bond donors (Lipinski definition) is 2. The van der Waals surface area contributed by atoms with E-state index < -0.39 is 9.84 Å². The number of benzene rings is 1. The fourth-order valence-corrected chi connectivity index (χ4v) is 4.54. The van der Waals surface area contributed by atoms with Crippen molar-refractivity contribution in [2.45, 2.75) is 13.3 Å². The van der Waals surface area contributed by atoms with Gasteiger partial charge >= 0.3 is 0 Å². The van der Waals surface area contributed by atoms with Gasteiger partial charge in [-0.1, -0.05) is 29.8 Å². The van der Waals surface area contributed by atoms with Gasteiger partial charge in [-0.3, -0.25) is 9.89 Å². The van der Waals surface area contributed by atoms with E-state index in [-0.39, 0.29) is 23.3 Å². The lowest BCUT2D eigenvalue weighted by atomic mass is 10.1. The highest BCUT2D eigenvalue weighted by Gasteiger charge is 2.28. The summed E-state index contributed by atoms with van der Waals surface area (Å²) in [6.07, 6.45) is 0.611. The van der Waals surface area contributed by atoms with E-state index in [0.717, 1.165) is 11.1 Å². The minimum Gasteiger partial charge on any atom is -0.350 e. The molecule has 1 amide bonds. The Morgan fingerprint density at radius 3 is 2.74 bits per heavy atom. The molecule has 1 fully saturated rings. The van der Waals surface area contributed by atoms with Gasteiger partial charge in [0.25, 0.3) is 5.91 Å². The number of carbonyl (C=O) groups is 1. The van der Waals surface area contributed by atoms with Crippen molar-refractivity contribution in [3.05, 3.63) is 41.6 Å². The fourth-order valence-electron chi connectivity index (χ4n) is 2.68. The molecule has 0 bridgehead atoms. The van der Waals surface area contributed by atoms with E-state index in [2.05, 4.69) is 15.5 Å². The molecule has 2 aromatic rings. The number of amides is 1. The van der Waals surface area contributed by atoms with Crippen LogP contribution in [0.5, 0.6) is 0 Å². The molecule has 0 aliphatic carbocycles. The van der Waals surface area contributed by atoms with Gasteiger partial charge in [0.05, 0.1) is 17.2 Å². The molecule has 6 nitrogen and oxygen atoms in total. The third-order valence-corrected chi connectivity index (χ3v) is 5.88. The maximum absolute atomic E-state index is 12.1. The lowest BCUT2D eigenvalue weighted by molar-refractivity contribution is 0.0943. The van der Waals surface area contributed by atoms with Crippen LogP contribution in [0.4, 0.5) is 0 Å². The molecule has 0 radical (unpaired) electrons. The molecular weight excluding hydrogens is 314 g/mol. The Balaban J connectivity index is 1.61. The van der Waals surface area contributed by atoms with Crippen molar-refractivity contribution in [3.8, 4) is 11.3 Å². The monoisotopic (exact) mass is 333 g/mol. The van der Waals surface area contributed by atoms with Crippen molar-refractivity contribution in [1.82, 2.24) is 15.5 Å². The summed E-state index contributed by atoms with van der Waals surface area (Å²) < 4.78 is 22.8. The summed E-state index contributed by atoms with van der Waals surface area (Å²) in [5.41, 5.74) is 3.18. The van der Waals surface area contributed by atoms with Crippen LogP contribution in [0.1, 0.15) is 22.5 Å². The summed E-state index contributed by atoms with van der Waals surface area (Å²) in [5.74, 6) is 0.114. The summed E-state index contributed by atoms with van der Waals surface area (Å²) in [6.45, 7) is 2.38. The Bertz CT molecular complexity index is 809. The molecule has 1 saturated heterocycles. The highest BCUT2D eigenvalue weighted by atomic mass is 32.2. The second-order valence-electron chi connectivity index (χ2n) is 6.01. The summed E-state index contributed by atoms with van der Waals surface area (Å²) >= 11 is 0. The van der Waals surface area contributed by atoms with E-state index in [4.69, 9.17) is 0 Å². The Morgan fingerprint density at radius 1 is 1.35 bits per heavy atom. The van der Waals surface area contributed by atoms with Gasteiger partial charge in [-0.2, -0.15) is 5.10 Å². The molecule has 1 aliphatic rings. The van der Waals surface area contributed by atoms with Gasteiger partial charge in [0.2, 0.25) is 0 Å². The van der Waals surface area contributed by atoms with Gasteiger partial charge in [0.1, 0.15) is 5.69 Å². The van der Waals surface area contributed by atoms with Gasteiger partial charge < -0.3 is 5.32 Å². The zero-order valence-corrected chi connectivity index (χ0v) is 13.7. The van der Waals surface area contributed by atoms with Crippen LogP contribution < -0.4 is 5.32 Å².